The Bertz CT molecular complexity index is 1000. The third kappa shape index (κ3) is 2.45. The Balaban J connectivity index is 1.82. The Kier molecular flexibility index (Phi) is 3.27. The zero-order chi connectivity index (χ0) is 16.0. The number of imidazole rings is 1. The van der Waals surface area contributed by atoms with Crippen molar-refractivity contribution in [1.82, 2.24) is 29.5 Å². The molecule has 0 radical (unpaired) electrons. The second kappa shape index (κ2) is 5.31. The topological polar surface area (TPSA) is 71.8 Å². The van der Waals surface area contributed by atoms with Crippen LogP contribution in [0.15, 0.2) is 30.7 Å². The standard InChI is InChI=1S/C16H15ClN6/c1-9(2)5-14-18-7-11-10(6-20-16(11)21-14)12-3-4-15-19-8-13(17)23(15)22-12/h3-4,6-9H,5H2,1-2H3,(H,18,20,21). The van der Waals surface area contributed by atoms with E-state index in [0.717, 1.165) is 34.5 Å². The molecule has 4 rings (SSSR count). The average Bonchev–Trinajstić information content (AvgIpc) is 3.10. The minimum Gasteiger partial charge on any atom is -0.345 e. The Morgan fingerprint density at radius 1 is 1.22 bits per heavy atom. The number of rotatable bonds is 3. The lowest BCUT2D eigenvalue weighted by molar-refractivity contribution is 0.622. The highest BCUT2D eigenvalue weighted by atomic mass is 35.5. The number of aromatic nitrogens is 6. The monoisotopic (exact) mass is 326 g/mol. The summed E-state index contributed by atoms with van der Waals surface area (Å²) in [5, 5.41) is 5.97. The summed E-state index contributed by atoms with van der Waals surface area (Å²) in [7, 11) is 0. The van der Waals surface area contributed by atoms with E-state index in [9.17, 15) is 0 Å². The van der Waals surface area contributed by atoms with Gasteiger partial charge in [-0.05, 0) is 18.1 Å². The number of aromatic amines is 1. The van der Waals surface area contributed by atoms with Crippen LogP contribution in [0.25, 0.3) is 27.9 Å². The van der Waals surface area contributed by atoms with E-state index in [0.29, 0.717) is 16.7 Å². The zero-order valence-electron chi connectivity index (χ0n) is 12.8. The van der Waals surface area contributed by atoms with Crippen LogP contribution in [0.3, 0.4) is 0 Å². The summed E-state index contributed by atoms with van der Waals surface area (Å²) in [5.74, 6) is 1.37. The number of hydrogen-bond donors (Lipinski definition) is 1. The van der Waals surface area contributed by atoms with Gasteiger partial charge in [0.05, 0.1) is 11.9 Å². The van der Waals surface area contributed by atoms with Gasteiger partial charge in [-0.25, -0.2) is 19.5 Å². The summed E-state index contributed by atoms with van der Waals surface area (Å²) in [4.78, 5) is 16.4. The van der Waals surface area contributed by atoms with Crippen LogP contribution in [0.5, 0.6) is 0 Å². The van der Waals surface area contributed by atoms with Crippen LogP contribution in [0.2, 0.25) is 5.15 Å². The highest BCUT2D eigenvalue weighted by molar-refractivity contribution is 6.29. The van der Waals surface area contributed by atoms with Crippen molar-refractivity contribution in [3.05, 3.63) is 41.7 Å². The molecule has 4 aromatic heterocycles. The Labute approximate surface area is 137 Å². The number of halogens is 1. The van der Waals surface area contributed by atoms with Gasteiger partial charge in [0.1, 0.15) is 11.5 Å². The third-order valence-electron chi connectivity index (χ3n) is 3.67. The fourth-order valence-corrected chi connectivity index (χ4v) is 2.78. The summed E-state index contributed by atoms with van der Waals surface area (Å²) in [6.07, 6.45) is 6.20. The predicted molar refractivity (Wildman–Crippen MR) is 89.4 cm³/mol. The van der Waals surface area contributed by atoms with Gasteiger partial charge < -0.3 is 4.98 Å². The van der Waals surface area contributed by atoms with Crippen LogP contribution >= 0.6 is 11.6 Å². The van der Waals surface area contributed by atoms with Crippen molar-refractivity contribution in [2.24, 2.45) is 5.92 Å². The highest BCUT2D eigenvalue weighted by Crippen LogP contribution is 2.26. The number of H-pyrrole nitrogens is 1. The van der Waals surface area contributed by atoms with Gasteiger partial charge in [0.25, 0.3) is 0 Å². The van der Waals surface area contributed by atoms with Crippen molar-refractivity contribution in [3.8, 4) is 11.3 Å². The van der Waals surface area contributed by atoms with Gasteiger partial charge in [-0.2, -0.15) is 5.10 Å². The number of fused-ring (bicyclic) bond motifs is 2. The van der Waals surface area contributed by atoms with E-state index in [1.165, 1.54) is 0 Å². The van der Waals surface area contributed by atoms with E-state index in [1.807, 2.05) is 24.5 Å². The van der Waals surface area contributed by atoms with Gasteiger partial charge in [-0.3, -0.25) is 0 Å². The van der Waals surface area contributed by atoms with Crippen LogP contribution in [-0.4, -0.2) is 29.5 Å². The first-order valence-electron chi connectivity index (χ1n) is 7.45. The number of hydrogen-bond acceptors (Lipinski definition) is 4. The van der Waals surface area contributed by atoms with Gasteiger partial charge >= 0.3 is 0 Å². The molecule has 0 aliphatic rings. The maximum absolute atomic E-state index is 6.10. The molecule has 23 heavy (non-hydrogen) atoms. The Morgan fingerprint density at radius 3 is 2.91 bits per heavy atom. The maximum Gasteiger partial charge on any atom is 0.155 e. The molecule has 1 N–H and O–H groups in total. The van der Waals surface area contributed by atoms with E-state index in [2.05, 4.69) is 38.9 Å². The molecule has 0 fully saturated rings. The molecule has 116 valence electrons. The van der Waals surface area contributed by atoms with E-state index < -0.39 is 0 Å². The highest BCUT2D eigenvalue weighted by Gasteiger charge is 2.12. The van der Waals surface area contributed by atoms with Crippen molar-refractivity contribution in [2.45, 2.75) is 20.3 Å². The molecule has 0 amide bonds. The quantitative estimate of drug-likeness (QED) is 0.625. The van der Waals surface area contributed by atoms with E-state index in [4.69, 9.17) is 11.6 Å². The molecule has 0 aromatic carbocycles. The first kappa shape index (κ1) is 14.1. The predicted octanol–water partition coefficient (Wildman–Crippen LogP) is 3.52. The largest absolute Gasteiger partial charge is 0.345 e. The number of nitrogens with one attached hydrogen (secondary N) is 1. The Hall–Kier alpha value is -2.47. The lowest BCUT2D eigenvalue weighted by Crippen LogP contribution is -2.00. The van der Waals surface area contributed by atoms with Crippen LogP contribution < -0.4 is 0 Å². The molecule has 0 atom stereocenters. The summed E-state index contributed by atoms with van der Waals surface area (Å²) in [5.41, 5.74) is 3.28. The minimum atomic E-state index is 0.483. The molecule has 0 aliphatic carbocycles. The third-order valence-corrected chi connectivity index (χ3v) is 3.93. The molecule has 6 nitrogen and oxygen atoms in total. The van der Waals surface area contributed by atoms with Crippen molar-refractivity contribution in [3.63, 3.8) is 0 Å². The summed E-state index contributed by atoms with van der Waals surface area (Å²) in [6.45, 7) is 4.31. The normalized spacial score (nSPS) is 11.8. The average molecular weight is 327 g/mol. The zero-order valence-corrected chi connectivity index (χ0v) is 13.5. The summed E-state index contributed by atoms with van der Waals surface area (Å²) >= 11 is 6.10. The molecule has 0 spiro atoms. The van der Waals surface area contributed by atoms with Gasteiger partial charge in [-0.1, -0.05) is 25.4 Å². The van der Waals surface area contributed by atoms with Crippen molar-refractivity contribution in [2.75, 3.05) is 0 Å². The van der Waals surface area contributed by atoms with Crippen LogP contribution in [0.4, 0.5) is 0 Å². The molecule has 4 aromatic rings. The minimum absolute atomic E-state index is 0.483. The molecule has 0 aliphatic heterocycles. The summed E-state index contributed by atoms with van der Waals surface area (Å²) < 4.78 is 1.61. The molecule has 0 unspecified atom stereocenters. The number of nitrogens with zero attached hydrogens (tertiary/aromatic N) is 5. The first-order valence-corrected chi connectivity index (χ1v) is 7.83. The lowest BCUT2D eigenvalue weighted by Gasteiger charge is -2.03. The van der Waals surface area contributed by atoms with Gasteiger partial charge in [0.15, 0.2) is 10.8 Å². The molecular formula is C16H15ClN6. The maximum atomic E-state index is 6.10. The molecule has 0 saturated carbocycles. The van der Waals surface area contributed by atoms with Crippen molar-refractivity contribution >= 4 is 28.3 Å². The molecule has 4 heterocycles. The fraction of sp³-hybridized carbons (Fsp3) is 0.250. The Morgan fingerprint density at radius 2 is 2.09 bits per heavy atom. The van der Waals surface area contributed by atoms with E-state index in [-0.39, 0.29) is 0 Å². The van der Waals surface area contributed by atoms with Crippen molar-refractivity contribution < 1.29 is 0 Å². The van der Waals surface area contributed by atoms with Gasteiger partial charge in [0, 0.05) is 29.8 Å². The molecule has 0 saturated heterocycles. The SMILES string of the molecule is CC(C)Cc1ncc2c(-c3ccc4ncc(Cl)n4n3)c[nH]c2n1. The molecular weight excluding hydrogens is 312 g/mol. The van der Waals surface area contributed by atoms with E-state index >= 15 is 0 Å². The second-order valence-electron chi connectivity index (χ2n) is 5.92. The second-order valence-corrected chi connectivity index (χ2v) is 6.31. The van der Waals surface area contributed by atoms with Gasteiger partial charge in [0.2, 0.25) is 0 Å². The fourth-order valence-electron chi connectivity index (χ4n) is 2.61. The smallest absolute Gasteiger partial charge is 0.155 e. The molecule has 0 bridgehead atoms. The molecule has 7 heteroatoms. The summed E-state index contributed by atoms with van der Waals surface area (Å²) in [6, 6.07) is 3.81. The first-order chi connectivity index (χ1) is 11.1. The lowest BCUT2D eigenvalue weighted by atomic mass is 10.1. The van der Waals surface area contributed by atoms with Crippen molar-refractivity contribution in [1.29, 1.82) is 0 Å². The van der Waals surface area contributed by atoms with Crippen LogP contribution in [0.1, 0.15) is 19.7 Å². The van der Waals surface area contributed by atoms with Gasteiger partial charge in [-0.15, -0.1) is 0 Å². The van der Waals surface area contributed by atoms with E-state index in [1.54, 1.807) is 10.7 Å². The van der Waals surface area contributed by atoms with Crippen LogP contribution in [0, 0.1) is 5.92 Å². The van der Waals surface area contributed by atoms with Crippen LogP contribution in [-0.2, 0) is 6.42 Å².